The summed E-state index contributed by atoms with van der Waals surface area (Å²) in [6.07, 6.45) is 7.54. The summed E-state index contributed by atoms with van der Waals surface area (Å²) in [7, 11) is -1.97. The number of likely N-dealkylation sites (tertiary alicyclic amines) is 1. The molecule has 3 heterocycles. The van der Waals surface area contributed by atoms with Crippen molar-refractivity contribution in [2.24, 2.45) is 11.3 Å². The molecular weight excluding hydrogens is 490 g/mol. The predicted molar refractivity (Wildman–Crippen MR) is 137 cm³/mol. The molecule has 9 heteroatoms. The molecule has 1 aromatic carbocycles. The van der Waals surface area contributed by atoms with Gasteiger partial charge in [-0.2, -0.15) is 4.39 Å². The van der Waals surface area contributed by atoms with Gasteiger partial charge in [-0.1, -0.05) is 31.0 Å². The van der Waals surface area contributed by atoms with Crippen LogP contribution in [0, 0.1) is 30.0 Å². The molecule has 1 saturated carbocycles. The van der Waals surface area contributed by atoms with Gasteiger partial charge in [0, 0.05) is 31.1 Å². The molecule has 3 fully saturated rings. The lowest BCUT2D eigenvalue weighted by molar-refractivity contribution is 0.0330. The SMILES string of the molecule is Cc1cc(N2CC3(CCCC(N4CCCC(C)C4)C3)C2)c(Cl)c(F)c1S(=O)Nc1cccc(F)n1. The monoisotopic (exact) mass is 522 g/mol. The van der Waals surface area contributed by atoms with Gasteiger partial charge in [0.1, 0.15) is 15.7 Å². The van der Waals surface area contributed by atoms with Gasteiger partial charge in [-0.15, -0.1) is 0 Å². The lowest BCUT2D eigenvalue weighted by Crippen LogP contribution is -2.61. The minimum absolute atomic E-state index is 0.0139. The van der Waals surface area contributed by atoms with Crippen LogP contribution in [0.2, 0.25) is 5.02 Å². The summed E-state index contributed by atoms with van der Waals surface area (Å²) in [6, 6.07) is 6.58. The van der Waals surface area contributed by atoms with Crippen molar-refractivity contribution in [1.82, 2.24) is 9.88 Å². The molecule has 3 atom stereocenters. The Labute approximate surface area is 213 Å². The zero-order chi connectivity index (χ0) is 24.7. The topological polar surface area (TPSA) is 48.5 Å². The number of benzene rings is 1. The van der Waals surface area contributed by atoms with Gasteiger partial charge in [-0.05, 0) is 75.3 Å². The minimum atomic E-state index is -1.97. The van der Waals surface area contributed by atoms with E-state index >= 15 is 4.39 Å². The number of halogens is 3. The van der Waals surface area contributed by atoms with Gasteiger partial charge < -0.3 is 9.80 Å². The van der Waals surface area contributed by atoms with Crippen molar-refractivity contribution in [3.63, 3.8) is 0 Å². The van der Waals surface area contributed by atoms with Crippen LogP contribution in [-0.4, -0.2) is 46.3 Å². The van der Waals surface area contributed by atoms with E-state index in [-0.39, 0.29) is 21.2 Å². The highest BCUT2D eigenvalue weighted by Gasteiger charge is 2.48. The largest absolute Gasteiger partial charge is 0.369 e. The van der Waals surface area contributed by atoms with Crippen LogP contribution in [0.1, 0.15) is 51.0 Å². The van der Waals surface area contributed by atoms with E-state index in [0.717, 1.165) is 19.0 Å². The second kappa shape index (κ2) is 9.94. The molecule has 1 N–H and O–H groups in total. The molecule has 2 aromatic rings. The summed E-state index contributed by atoms with van der Waals surface area (Å²) in [5.41, 5.74) is 1.46. The smallest absolute Gasteiger partial charge is 0.214 e. The number of nitrogens with one attached hydrogen (secondary N) is 1. The fraction of sp³-hybridized carbons (Fsp3) is 0.577. The summed E-state index contributed by atoms with van der Waals surface area (Å²) in [5.74, 6) is -0.556. The highest BCUT2D eigenvalue weighted by Crippen LogP contribution is 2.49. The lowest BCUT2D eigenvalue weighted by Gasteiger charge is -2.57. The number of rotatable bonds is 5. The summed E-state index contributed by atoms with van der Waals surface area (Å²) in [4.78, 5) is 8.48. The lowest BCUT2D eigenvalue weighted by atomic mass is 9.66. The quantitative estimate of drug-likeness (QED) is 0.494. The average Bonchev–Trinajstić information content (AvgIpc) is 2.80. The zero-order valence-electron chi connectivity index (χ0n) is 20.3. The van der Waals surface area contributed by atoms with E-state index in [9.17, 15) is 8.60 Å². The normalized spacial score (nSPS) is 25.3. The first kappa shape index (κ1) is 24.9. The summed E-state index contributed by atoms with van der Waals surface area (Å²) >= 11 is 6.48. The van der Waals surface area contributed by atoms with E-state index in [2.05, 4.69) is 26.4 Å². The number of aromatic nitrogens is 1. The third-order valence-corrected chi connectivity index (χ3v) is 9.56. The molecule has 1 aliphatic carbocycles. The van der Waals surface area contributed by atoms with Crippen molar-refractivity contribution < 1.29 is 13.0 Å². The minimum Gasteiger partial charge on any atom is -0.369 e. The van der Waals surface area contributed by atoms with Crippen LogP contribution in [0.15, 0.2) is 29.2 Å². The van der Waals surface area contributed by atoms with Crippen LogP contribution in [0.5, 0.6) is 0 Å². The maximum absolute atomic E-state index is 15.4. The van der Waals surface area contributed by atoms with Gasteiger partial charge in [-0.3, -0.25) is 4.72 Å². The standard InChI is InChI=1S/C26H33ClF2N4OS/c1-17-6-5-11-32(14-17)19-7-4-10-26(13-19)15-33(16-26)20-12-18(2)25(24(29)23(20)27)35(34)31-22-9-3-8-21(28)30-22/h3,8-9,12,17,19H,4-7,10-11,13-16H2,1-2H3,(H,30,31). The molecule has 1 aromatic heterocycles. The van der Waals surface area contributed by atoms with Crippen molar-refractivity contribution in [2.45, 2.75) is 63.3 Å². The molecule has 3 aliphatic rings. The van der Waals surface area contributed by atoms with E-state index in [1.54, 1.807) is 6.92 Å². The Balaban J connectivity index is 1.29. The molecule has 35 heavy (non-hydrogen) atoms. The first-order valence-electron chi connectivity index (χ1n) is 12.5. The van der Waals surface area contributed by atoms with Crippen molar-refractivity contribution >= 4 is 34.1 Å². The summed E-state index contributed by atoms with van der Waals surface area (Å²) in [6.45, 7) is 8.25. The molecule has 0 bridgehead atoms. The predicted octanol–water partition coefficient (Wildman–Crippen LogP) is 5.94. The van der Waals surface area contributed by atoms with Gasteiger partial charge in [0.15, 0.2) is 16.8 Å². The zero-order valence-corrected chi connectivity index (χ0v) is 21.9. The fourth-order valence-electron chi connectivity index (χ4n) is 6.29. The Morgan fingerprint density at radius 1 is 1.23 bits per heavy atom. The van der Waals surface area contributed by atoms with E-state index in [1.807, 2.05) is 6.07 Å². The maximum atomic E-state index is 15.4. The Morgan fingerprint density at radius 3 is 2.77 bits per heavy atom. The van der Waals surface area contributed by atoms with E-state index in [0.29, 0.717) is 17.3 Å². The van der Waals surface area contributed by atoms with Gasteiger partial charge in [0.25, 0.3) is 0 Å². The van der Waals surface area contributed by atoms with Crippen molar-refractivity contribution in [3.05, 3.63) is 46.6 Å². The molecule has 3 unspecified atom stereocenters. The Bertz CT molecular complexity index is 1130. The third kappa shape index (κ3) is 5.07. The number of pyridine rings is 1. The second-order valence-corrected chi connectivity index (χ2v) is 12.3. The van der Waals surface area contributed by atoms with E-state index in [1.165, 1.54) is 69.8 Å². The van der Waals surface area contributed by atoms with E-state index < -0.39 is 22.8 Å². The first-order chi connectivity index (χ1) is 16.7. The Hall–Kier alpha value is -1.77. The number of anilines is 2. The van der Waals surface area contributed by atoms with Crippen LogP contribution in [0.4, 0.5) is 20.3 Å². The van der Waals surface area contributed by atoms with Crippen molar-refractivity contribution in [1.29, 1.82) is 0 Å². The summed E-state index contributed by atoms with van der Waals surface area (Å²) in [5, 5.41) is -0.0139. The van der Waals surface area contributed by atoms with Crippen molar-refractivity contribution in [2.75, 3.05) is 35.8 Å². The fourth-order valence-corrected chi connectivity index (χ4v) is 7.64. The van der Waals surface area contributed by atoms with Gasteiger partial charge >= 0.3 is 0 Å². The molecule has 0 amide bonds. The Morgan fingerprint density at radius 2 is 2.03 bits per heavy atom. The van der Waals surface area contributed by atoms with Crippen LogP contribution in [0.25, 0.3) is 0 Å². The highest BCUT2D eigenvalue weighted by molar-refractivity contribution is 7.86. The highest BCUT2D eigenvalue weighted by atomic mass is 35.5. The Kier molecular flexibility index (Phi) is 7.07. The molecular formula is C26H33ClF2N4OS. The maximum Gasteiger partial charge on any atom is 0.214 e. The molecule has 190 valence electrons. The van der Waals surface area contributed by atoms with Crippen LogP contribution < -0.4 is 9.62 Å². The number of aryl methyl sites for hydroxylation is 1. The van der Waals surface area contributed by atoms with Crippen molar-refractivity contribution in [3.8, 4) is 0 Å². The summed E-state index contributed by atoms with van der Waals surface area (Å²) < 4.78 is 44.2. The molecule has 1 spiro atoms. The molecule has 2 saturated heterocycles. The van der Waals surface area contributed by atoms with Crippen LogP contribution in [-0.2, 0) is 11.0 Å². The van der Waals surface area contributed by atoms with Gasteiger partial charge in [0.2, 0.25) is 5.95 Å². The second-order valence-electron chi connectivity index (χ2n) is 10.7. The van der Waals surface area contributed by atoms with Gasteiger partial charge in [0.05, 0.1) is 5.69 Å². The van der Waals surface area contributed by atoms with Crippen LogP contribution >= 0.6 is 11.6 Å². The number of nitrogens with zero attached hydrogens (tertiary/aromatic N) is 3. The third-order valence-electron chi connectivity index (χ3n) is 7.94. The molecule has 5 nitrogen and oxygen atoms in total. The molecule has 5 rings (SSSR count). The molecule has 2 aliphatic heterocycles. The van der Waals surface area contributed by atoms with E-state index in [4.69, 9.17) is 11.6 Å². The number of hydrogen-bond donors (Lipinski definition) is 1. The average molecular weight is 523 g/mol. The number of hydrogen-bond acceptors (Lipinski definition) is 4. The first-order valence-corrected chi connectivity index (χ1v) is 14.1. The van der Waals surface area contributed by atoms with Crippen LogP contribution in [0.3, 0.4) is 0 Å². The number of piperidine rings is 1. The van der Waals surface area contributed by atoms with Gasteiger partial charge in [-0.25, -0.2) is 13.6 Å². The molecule has 0 radical (unpaired) electrons.